The minimum atomic E-state index is -4.00. The van der Waals surface area contributed by atoms with Gasteiger partial charge in [-0.15, -0.1) is 0 Å². The van der Waals surface area contributed by atoms with Crippen molar-refractivity contribution in [3.8, 4) is 0 Å². The van der Waals surface area contributed by atoms with Gasteiger partial charge in [0.15, 0.2) is 0 Å². The van der Waals surface area contributed by atoms with Crippen LogP contribution in [0, 0.1) is 19.8 Å². The van der Waals surface area contributed by atoms with Gasteiger partial charge in [-0.2, -0.15) is 4.72 Å². The Bertz CT molecular complexity index is 1060. The molecule has 2 aromatic rings. The second-order valence-corrected chi connectivity index (χ2v) is 10.1. The molecule has 1 unspecified atom stereocenters. The normalized spacial score (nSPS) is 16.2. The number of aryl methyl sites for hydroxylation is 2. The molecule has 0 bridgehead atoms. The number of nitrogens with one attached hydrogen (secondary N) is 2. The van der Waals surface area contributed by atoms with Gasteiger partial charge in [0.1, 0.15) is 6.04 Å². The predicted molar refractivity (Wildman–Crippen MR) is 122 cm³/mol. The first-order chi connectivity index (χ1) is 15.1. The minimum Gasteiger partial charge on any atom is -0.398 e. The van der Waals surface area contributed by atoms with E-state index in [1.54, 1.807) is 28.7 Å². The Balaban J connectivity index is 1.85. The third kappa shape index (κ3) is 5.22. The Labute approximate surface area is 188 Å². The van der Waals surface area contributed by atoms with Crippen molar-refractivity contribution in [3.05, 3.63) is 35.7 Å². The van der Waals surface area contributed by atoms with Gasteiger partial charge in [-0.3, -0.25) is 10.0 Å². The molecule has 1 fully saturated rings. The number of sulfonamides is 1. The zero-order valence-electron chi connectivity index (χ0n) is 18.7. The summed E-state index contributed by atoms with van der Waals surface area (Å²) < 4.78 is 30.7. The molecule has 0 radical (unpaired) electrons. The van der Waals surface area contributed by atoms with Crippen molar-refractivity contribution < 1.29 is 18.4 Å². The number of nitrogen functional groups attached to an aromatic ring is 1. The lowest BCUT2D eigenvalue weighted by Gasteiger charge is -2.33. The zero-order valence-corrected chi connectivity index (χ0v) is 19.5. The first-order valence-corrected chi connectivity index (χ1v) is 12.2. The number of carbonyl (C=O) groups is 1. The quantitative estimate of drug-likeness (QED) is 0.345. The number of nitrogens with two attached hydrogens (primary N) is 1. The third-order valence-electron chi connectivity index (χ3n) is 6.14. The number of imidazole rings is 1. The number of hydrogen-bond acceptors (Lipinski definition) is 7. The van der Waals surface area contributed by atoms with Crippen LogP contribution in [0.4, 0.5) is 11.6 Å². The van der Waals surface area contributed by atoms with E-state index in [-0.39, 0.29) is 29.7 Å². The van der Waals surface area contributed by atoms with Crippen LogP contribution in [0.5, 0.6) is 0 Å². The maximum absolute atomic E-state index is 13.3. The molecule has 1 atom stereocenters. The molecule has 3 rings (SSSR count). The highest BCUT2D eigenvalue weighted by Gasteiger charge is 2.32. The Morgan fingerprint density at radius 2 is 2.00 bits per heavy atom. The largest absolute Gasteiger partial charge is 0.398 e. The van der Waals surface area contributed by atoms with E-state index in [0.717, 1.165) is 18.4 Å². The number of nitrogens with zero attached hydrogens (tertiary/aromatic N) is 3. The molecule has 176 valence electrons. The molecule has 10 nitrogen and oxygen atoms in total. The summed E-state index contributed by atoms with van der Waals surface area (Å²) in [4.78, 5) is 19.1. The number of likely N-dealkylation sites (tertiary alicyclic amines) is 1. The van der Waals surface area contributed by atoms with Gasteiger partial charge in [-0.25, -0.2) is 18.9 Å². The fourth-order valence-electron chi connectivity index (χ4n) is 3.94. The van der Waals surface area contributed by atoms with Crippen molar-refractivity contribution in [2.45, 2.75) is 57.5 Å². The van der Waals surface area contributed by atoms with Crippen molar-refractivity contribution in [2.75, 3.05) is 24.3 Å². The molecule has 1 aromatic carbocycles. The first kappa shape index (κ1) is 24.0. The number of hydrogen-bond donors (Lipinski definition) is 4. The van der Waals surface area contributed by atoms with Crippen molar-refractivity contribution in [2.24, 2.45) is 5.92 Å². The van der Waals surface area contributed by atoms with Crippen LogP contribution in [0.15, 0.2) is 29.4 Å². The Hall–Kier alpha value is -2.63. The molecule has 5 N–H and O–H groups in total. The predicted octanol–water partition coefficient (Wildman–Crippen LogP) is 1.88. The molecular weight excluding hydrogens is 432 g/mol. The van der Waals surface area contributed by atoms with E-state index in [4.69, 9.17) is 5.73 Å². The average molecular weight is 465 g/mol. The second kappa shape index (κ2) is 9.88. The van der Waals surface area contributed by atoms with Crippen LogP contribution >= 0.6 is 0 Å². The smallest absolute Gasteiger partial charge is 0.241 e. The molecule has 1 aliphatic heterocycles. The van der Waals surface area contributed by atoms with Crippen LogP contribution in [0.2, 0.25) is 0 Å². The van der Waals surface area contributed by atoms with Gasteiger partial charge >= 0.3 is 0 Å². The molecule has 1 aliphatic rings. The van der Waals surface area contributed by atoms with Crippen LogP contribution in [-0.2, 0) is 21.4 Å². The van der Waals surface area contributed by atoms with E-state index >= 15 is 0 Å². The van der Waals surface area contributed by atoms with Crippen molar-refractivity contribution >= 4 is 27.6 Å². The molecule has 11 heteroatoms. The monoisotopic (exact) mass is 464 g/mol. The van der Waals surface area contributed by atoms with E-state index in [0.29, 0.717) is 30.3 Å². The molecule has 0 aliphatic carbocycles. The van der Waals surface area contributed by atoms with Gasteiger partial charge in [0, 0.05) is 37.7 Å². The van der Waals surface area contributed by atoms with Crippen molar-refractivity contribution in [1.82, 2.24) is 19.2 Å². The summed E-state index contributed by atoms with van der Waals surface area (Å²) in [6.45, 7) is 7.10. The Morgan fingerprint density at radius 1 is 1.31 bits per heavy atom. The van der Waals surface area contributed by atoms with Crippen molar-refractivity contribution in [1.29, 1.82) is 0 Å². The molecular formula is C21H32N6O4S. The Morgan fingerprint density at radius 3 is 2.66 bits per heavy atom. The number of aromatic nitrogens is 2. The highest BCUT2D eigenvalue weighted by molar-refractivity contribution is 7.89. The maximum Gasteiger partial charge on any atom is 0.241 e. The molecule has 0 saturated carbocycles. The minimum absolute atomic E-state index is 0.0611. The van der Waals surface area contributed by atoms with Gasteiger partial charge in [0.2, 0.25) is 21.9 Å². The fraction of sp³-hybridized carbons (Fsp3) is 0.524. The Kier molecular flexibility index (Phi) is 7.42. The summed E-state index contributed by atoms with van der Waals surface area (Å²) in [6.07, 6.45) is 5.11. The van der Waals surface area contributed by atoms with Gasteiger partial charge in [-0.1, -0.05) is 13.0 Å². The van der Waals surface area contributed by atoms with E-state index < -0.39 is 16.1 Å². The van der Waals surface area contributed by atoms with Crippen LogP contribution < -0.4 is 15.9 Å². The van der Waals surface area contributed by atoms with Crippen LogP contribution in [0.25, 0.3) is 0 Å². The van der Waals surface area contributed by atoms with Gasteiger partial charge in [-0.05, 0) is 56.2 Å². The number of carbonyl (C=O) groups excluding carboxylic acids is 1. The molecule has 2 heterocycles. The highest BCUT2D eigenvalue weighted by Crippen LogP contribution is 2.25. The number of anilines is 2. The lowest BCUT2D eigenvalue weighted by atomic mass is 9.98. The fourth-order valence-corrected chi connectivity index (χ4v) is 5.42. The average Bonchev–Trinajstić information content (AvgIpc) is 3.22. The van der Waals surface area contributed by atoms with E-state index in [1.165, 1.54) is 12.3 Å². The van der Waals surface area contributed by atoms with Gasteiger partial charge in [0.25, 0.3) is 0 Å². The lowest BCUT2D eigenvalue weighted by molar-refractivity contribution is -0.134. The number of rotatable bonds is 8. The highest BCUT2D eigenvalue weighted by atomic mass is 32.2. The number of benzene rings is 1. The van der Waals surface area contributed by atoms with Crippen molar-refractivity contribution in [3.63, 3.8) is 0 Å². The zero-order chi connectivity index (χ0) is 23.5. The lowest BCUT2D eigenvalue weighted by Crippen LogP contribution is -2.51. The number of amides is 1. The molecule has 1 saturated heterocycles. The van der Waals surface area contributed by atoms with Gasteiger partial charge < -0.3 is 15.2 Å². The van der Waals surface area contributed by atoms with E-state index in [1.807, 2.05) is 12.4 Å². The number of piperidine rings is 1. The van der Waals surface area contributed by atoms with E-state index in [9.17, 15) is 18.4 Å². The molecule has 1 aromatic heterocycles. The third-order valence-corrected chi connectivity index (χ3v) is 7.75. The summed E-state index contributed by atoms with van der Waals surface area (Å²) in [5.74, 6) is 0.501. The topological polar surface area (TPSA) is 143 Å². The maximum atomic E-state index is 13.3. The van der Waals surface area contributed by atoms with E-state index in [2.05, 4.69) is 16.6 Å². The second-order valence-electron chi connectivity index (χ2n) is 8.45. The molecule has 0 spiro atoms. The first-order valence-electron chi connectivity index (χ1n) is 10.7. The molecule has 32 heavy (non-hydrogen) atoms. The van der Waals surface area contributed by atoms with Crippen LogP contribution in [-0.4, -0.2) is 53.1 Å². The standard InChI is InChI=1S/C21H32N6O4S/c1-14-6-10-26(11-7-14)20(28)17(8-12-27-13-9-23-21(27)24-29)25-32(30,31)18-5-4-15(2)19(22)16(18)3/h4-5,9,13-14,17,25,29H,6-8,10-12,22H2,1-3H3,(H,23,24). The summed E-state index contributed by atoms with van der Waals surface area (Å²) in [5.41, 5.74) is 9.70. The van der Waals surface area contributed by atoms with Crippen LogP contribution in [0.1, 0.15) is 37.3 Å². The summed E-state index contributed by atoms with van der Waals surface area (Å²) in [7, 11) is -4.00. The van der Waals surface area contributed by atoms with Gasteiger partial charge in [0.05, 0.1) is 4.90 Å². The molecule has 1 amide bonds. The van der Waals surface area contributed by atoms with Crippen LogP contribution in [0.3, 0.4) is 0 Å². The summed E-state index contributed by atoms with van der Waals surface area (Å²) in [6, 6.07) is 2.20. The summed E-state index contributed by atoms with van der Waals surface area (Å²) in [5, 5.41) is 9.19. The summed E-state index contributed by atoms with van der Waals surface area (Å²) >= 11 is 0. The SMILES string of the molecule is Cc1ccc(S(=O)(=O)NC(CCn2ccnc2NO)C(=O)N2CCC(C)CC2)c(C)c1N.